The Labute approximate surface area is 142 Å². The molecule has 2 aromatic rings. The third kappa shape index (κ3) is 4.37. The minimum absolute atomic E-state index is 0.0646. The fourth-order valence-corrected chi connectivity index (χ4v) is 2.32. The summed E-state index contributed by atoms with van der Waals surface area (Å²) in [5, 5.41) is 0. The molecule has 4 heteroatoms. The second kappa shape index (κ2) is 7.99. The molecule has 0 aliphatic heterocycles. The fourth-order valence-electron chi connectivity index (χ4n) is 2.32. The number of ether oxygens (including phenoxy) is 2. The van der Waals surface area contributed by atoms with Crippen molar-refractivity contribution in [3.05, 3.63) is 71.3 Å². The van der Waals surface area contributed by atoms with Crippen molar-refractivity contribution < 1.29 is 19.1 Å². The van der Waals surface area contributed by atoms with Crippen LogP contribution < -0.4 is 0 Å². The molecule has 0 atom stereocenters. The molecule has 0 fully saturated rings. The molecule has 126 valence electrons. The average Bonchev–Trinajstić information content (AvgIpc) is 2.61. The van der Waals surface area contributed by atoms with Gasteiger partial charge in [0.15, 0.2) is 11.6 Å². The molecule has 0 N–H and O–H groups in total. The molecule has 0 aromatic heterocycles. The van der Waals surface area contributed by atoms with Crippen LogP contribution in [-0.4, -0.2) is 37.5 Å². The van der Waals surface area contributed by atoms with Crippen molar-refractivity contribution in [1.82, 2.24) is 0 Å². The molecule has 4 nitrogen and oxygen atoms in total. The average molecular weight is 326 g/mol. The molecule has 2 rings (SSSR count). The largest absolute Gasteiger partial charge is 0.382 e. The molecule has 0 bridgehead atoms. The molecule has 0 aliphatic carbocycles. The van der Waals surface area contributed by atoms with E-state index in [1.165, 1.54) is 0 Å². The van der Waals surface area contributed by atoms with Crippen LogP contribution in [0, 0.1) is 0 Å². The maximum absolute atomic E-state index is 12.6. The summed E-state index contributed by atoms with van der Waals surface area (Å²) in [4.78, 5) is 24.9. The van der Waals surface area contributed by atoms with Gasteiger partial charge in [-0.25, -0.2) is 0 Å². The Morgan fingerprint density at radius 2 is 1.38 bits per heavy atom. The Bertz CT molecular complexity index is 687. The fraction of sp³-hybridized carbons (Fsp3) is 0.300. The van der Waals surface area contributed by atoms with E-state index in [1.807, 2.05) is 18.2 Å². The highest BCUT2D eigenvalue weighted by Gasteiger charge is 2.29. The highest BCUT2D eigenvalue weighted by Crippen LogP contribution is 2.19. The van der Waals surface area contributed by atoms with Crippen LogP contribution >= 0.6 is 0 Å². The molecule has 0 radical (unpaired) electrons. The molecule has 0 heterocycles. The summed E-state index contributed by atoms with van der Waals surface area (Å²) in [6.45, 7) is 4.24. The number of rotatable bonds is 8. The molecule has 24 heavy (non-hydrogen) atoms. The third-order valence-corrected chi connectivity index (χ3v) is 3.74. The lowest BCUT2D eigenvalue weighted by Crippen LogP contribution is -2.36. The zero-order valence-corrected chi connectivity index (χ0v) is 14.2. The van der Waals surface area contributed by atoms with Crippen molar-refractivity contribution in [2.45, 2.75) is 19.4 Å². The summed E-state index contributed by atoms with van der Waals surface area (Å²) >= 11 is 0. The smallest absolute Gasteiger partial charge is 0.194 e. The van der Waals surface area contributed by atoms with Crippen LogP contribution in [0.15, 0.2) is 54.6 Å². The number of carbonyl (C=O) groups excluding carboxylic acids is 2. The lowest BCUT2D eigenvalue weighted by molar-refractivity contribution is -0.0234. The van der Waals surface area contributed by atoms with Gasteiger partial charge in [0.1, 0.15) is 5.60 Å². The van der Waals surface area contributed by atoms with Crippen LogP contribution in [-0.2, 0) is 9.47 Å². The quantitative estimate of drug-likeness (QED) is 0.550. The van der Waals surface area contributed by atoms with Gasteiger partial charge in [-0.3, -0.25) is 9.59 Å². The lowest BCUT2D eigenvalue weighted by Gasteiger charge is -2.23. The number of Topliss-reactive ketones (excluding diaryl/α,β-unsaturated/α-hetero) is 1. The first-order valence-corrected chi connectivity index (χ1v) is 7.83. The summed E-state index contributed by atoms with van der Waals surface area (Å²) in [5.74, 6) is -0.192. The highest BCUT2D eigenvalue weighted by atomic mass is 16.5. The van der Waals surface area contributed by atoms with Crippen molar-refractivity contribution in [1.29, 1.82) is 0 Å². The Kier molecular flexibility index (Phi) is 6.01. The Morgan fingerprint density at radius 1 is 0.833 bits per heavy atom. The van der Waals surface area contributed by atoms with Gasteiger partial charge in [0.05, 0.1) is 13.2 Å². The number of hydrogen-bond acceptors (Lipinski definition) is 4. The van der Waals surface area contributed by atoms with Crippen LogP contribution in [0.5, 0.6) is 0 Å². The molecule has 0 amide bonds. The zero-order chi connectivity index (χ0) is 17.6. The molecular formula is C20H22O4. The first kappa shape index (κ1) is 18.0. The van der Waals surface area contributed by atoms with E-state index in [0.29, 0.717) is 29.9 Å². The summed E-state index contributed by atoms with van der Waals surface area (Å²) in [5.41, 5.74) is 0.751. The van der Waals surface area contributed by atoms with Crippen molar-refractivity contribution in [3.63, 3.8) is 0 Å². The van der Waals surface area contributed by atoms with E-state index in [9.17, 15) is 9.59 Å². The van der Waals surface area contributed by atoms with Crippen LogP contribution in [0.1, 0.15) is 40.1 Å². The van der Waals surface area contributed by atoms with Crippen LogP contribution in [0.25, 0.3) is 0 Å². The molecule has 0 spiro atoms. The van der Waals surface area contributed by atoms with E-state index < -0.39 is 5.60 Å². The SMILES string of the molecule is COCCOC(C)(C)C(=O)c1ccc(C(=O)c2ccccc2)cc1. The van der Waals surface area contributed by atoms with Gasteiger partial charge < -0.3 is 9.47 Å². The Morgan fingerprint density at radius 3 is 1.96 bits per heavy atom. The van der Waals surface area contributed by atoms with Gasteiger partial charge >= 0.3 is 0 Å². The second-order valence-corrected chi connectivity index (χ2v) is 5.95. The van der Waals surface area contributed by atoms with Gasteiger partial charge in [0.25, 0.3) is 0 Å². The topological polar surface area (TPSA) is 52.6 Å². The van der Waals surface area contributed by atoms with Crippen LogP contribution in [0.4, 0.5) is 0 Å². The molecule has 0 unspecified atom stereocenters. The number of benzene rings is 2. The minimum Gasteiger partial charge on any atom is -0.382 e. The van der Waals surface area contributed by atoms with Gasteiger partial charge in [-0.2, -0.15) is 0 Å². The Hall–Kier alpha value is -2.30. The number of methoxy groups -OCH3 is 1. The van der Waals surface area contributed by atoms with Gasteiger partial charge in [0.2, 0.25) is 0 Å². The highest BCUT2D eigenvalue weighted by molar-refractivity contribution is 6.09. The first-order valence-electron chi connectivity index (χ1n) is 7.83. The standard InChI is InChI=1S/C20H22O4/c1-20(2,24-14-13-23-3)19(22)17-11-9-16(10-12-17)18(21)15-7-5-4-6-8-15/h4-12H,13-14H2,1-3H3. The second-order valence-electron chi connectivity index (χ2n) is 5.95. The van der Waals surface area contributed by atoms with E-state index in [4.69, 9.17) is 9.47 Å². The molecular weight excluding hydrogens is 304 g/mol. The molecule has 0 aliphatic rings. The van der Waals surface area contributed by atoms with E-state index in [-0.39, 0.29) is 11.6 Å². The monoisotopic (exact) mass is 326 g/mol. The number of hydrogen-bond donors (Lipinski definition) is 0. The predicted octanol–water partition coefficient (Wildman–Crippen LogP) is 3.54. The van der Waals surface area contributed by atoms with E-state index >= 15 is 0 Å². The Balaban J connectivity index is 2.11. The predicted molar refractivity (Wildman–Crippen MR) is 92.6 cm³/mol. The van der Waals surface area contributed by atoms with Crippen molar-refractivity contribution in [2.24, 2.45) is 0 Å². The van der Waals surface area contributed by atoms with Gasteiger partial charge in [0, 0.05) is 23.8 Å². The van der Waals surface area contributed by atoms with Gasteiger partial charge in [-0.15, -0.1) is 0 Å². The third-order valence-electron chi connectivity index (χ3n) is 3.74. The van der Waals surface area contributed by atoms with Crippen LogP contribution in [0.2, 0.25) is 0 Å². The summed E-state index contributed by atoms with van der Waals surface area (Å²) in [7, 11) is 1.58. The van der Waals surface area contributed by atoms with Gasteiger partial charge in [-0.1, -0.05) is 54.6 Å². The molecule has 0 saturated heterocycles. The number of carbonyl (C=O) groups is 2. The van der Waals surface area contributed by atoms with Crippen molar-refractivity contribution in [3.8, 4) is 0 Å². The maximum atomic E-state index is 12.6. The molecule has 0 saturated carbocycles. The van der Waals surface area contributed by atoms with E-state index in [0.717, 1.165) is 0 Å². The summed E-state index contributed by atoms with van der Waals surface area (Å²) < 4.78 is 10.5. The van der Waals surface area contributed by atoms with Crippen LogP contribution in [0.3, 0.4) is 0 Å². The van der Waals surface area contributed by atoms with E-state index in [2.05, 4.69) is 0 Å². The minimum atomic E-state index is -0.941. The lowest BCUT2D eigenvalue weighted by atomic mass is 9.94. The zero-order valence-electron chi connectivity index (χ0n) is 14.2. The summed E-state index contributed by atoms with van der Waals surface area (Å²) in [6, 6.07) is 15.7. The molecule has 2 aromatic carbocycles. The van der Waals surface area contributed by atoms with Crippen molar-refractivity contribution in [2.75, 3.05) is 20.3 Å². The van der Waals surface area contributed by atoms with E-state index in [1.54, 1.807) is 57.4 Å². The normalized spacial score (nSPS) is 11.3. The maximum Gasteiger partial charge on any atom is 0.194 e. The van der Waals surface area contributed by atoms with Crippen molar-refractivity contribution >= 4 is 11.6 Å². The first-order chi connectivity index (χ1) is 11.5. The summed E-state index contributed by atoms with van der Waals surface area (Å²) in [6.07, 6.45) is 0. The number of ketones is 2. The van der Waals surface area contributed by atoms with Gasteiger partial charge in [-0.05, 0) is 13.8 Å².